The van der Waals surface area contributed by atoms with Crippen molar-refractivity contribution in [3.05, 3.63) is 42.0 Å². The molecule has 0 radical (unpaired) electrons. The van der Waals surface area contributed by atoms with Crippen molar-refractivity contribution in [2.75, 3.05) is 0 Å². The van der Waals surface area contributed by atoms with Crippen LogP contribution in [0.25, 0.3) is 10.8 Å². The van der Waals surface area contributed by atoms with Crippen LogP contribution in [0.4, 0.5) is 0 Å². The van der Waals surface area contributed by atoms with Crippen molar-refractivity contribution in [2.24, 2.45) is 0 Å². The topological polar surface area (TPSA) is 47.9 Å². The van der Waals surface area contributed by atoms with E-state index in [-0.39, 0.29) is 17.0 Å². The Morgan fingerprint density at radius 1 is 1.00 bits per heavy atom. The Labute approximate surface area is 93.1 Å². The molecule has 0 amide bonds. The van der Waals surface area contributed by atoms with Crippen LogP contribution in [-0.2, 0) is 6.54 Å². The summed E-state index contributed by atoms with van der Waals surface area (Å²) in [5, 5.41) is 11.5. The second-order valence-electron chi connectivity index (χ2n) is 3.12. The number of hydrogen-bond donors (Lipinski definition) is 2. The minimum atomic E-state index is 0. The average molecular weight is 254 g/mol. The molecule has 0 aliphatic carbocycles. The number of benzene rings is 2. The van der Waals surface area contributed by atoms with Gasteiger partial charge >= 0.3 is 0 Å². The minimum Gasteiger partial charge on any atom is -1.00 e. The lowest BCUT2D eigenvalue weighted by atomic mass is 10.1. The molecule has 4 N–H and O–H groups in total. The summed E-state index contributed by atoms with van der Waals surface area (Å²) in [6.07, 6.45) is 0. The first-order chi connectivity index (χ1) is 6.29. The summed E-state index contributed by atoms with van der Waals surface area (Å²) >= 11 is 0. The lowest BCUT2D eigenvalue weighted by molar-refractivity contribution is -0.386. The zero-order chi connectivity index (χ0) is 9.26. The Morgan fingerprint density at radius 2 is 1.64 bits per heavy atom. The fraction of sp³-hybridized carbons (Fsp3) is 0.0909. The summed E-state index contributed by atoms with van der Waals surface area (Å²) in [6, 6.07) is 11.5. The van der Waals surface area contributed by atoms with Crippen LogP contribution < -0.4 is 22.7 Å². The molecule has 3 heteroatoms. The molecule has 0 atom stereocenters. The van der Waals surface area contributed by atoms with E-state index in [1.165, 1.54) is 5.56 Å². The molecule has 0 aliphatic rings. The lowest BCUT2D eigenvalue weighted by Crippen LogP contribution is -3.00. The van der Waals surface area contributed by atoms with Crippen LogP contribution in [0.5, 0.6) is 5.75 Å². The third-order valence-corrected chi connectivity index (χ3v) is 2.18. The fourth-order valence-corrected chi connectivity index (χ4v) is 1.44. The van der Waals surface area contributed by atoms with E-state index in [1.807, 2.05) is 18.2 Å². The number of quaternary nitrogens is 1. The Hall–Kier alpha value is -1.06. The summed E-state index contributed by atoms with van der Waals surface area (Å²) in [6.45, 7) is 0.802. The van der Waals surface area contributed by atoms with Gasteiger partial charge < -0.3 is 27.8 Å². The van der Waals surface area contributed by atoms with Crippen LogP contribution in [0.15, 0.2) is 36.4 Å². The molecule has 0 unspecified atom stereocenters. The Bertz CT molecular complexity index is 442. The number of hydrogen-bond acceptors (Lipinski definition) is 1. The van der Waals surface area contributed by atoms with Gasteiger partial charge in [0.1, 0.15) is 5.75 Å². The van der Waals surface area contributed by atoms with Crippen molar-refractivity contribution >= 4 is 10.8 Å². The lowest BCUT2D eigenvalue weighted by Gasteiger charge is -2.00. The van der Waals surface area contributed by atoms with Crippen LogP contribution >= 0.6 is 0 Å². The van der Waals surface area contributed by atoms with Gasteiger partial charge in [0.25, 0.3) is 0 Å². The molecule has 2 nitrogen and oxygen atoms in total. The summed E-state index contributed by atoms with van der Waals surface area (Å²) in [7, 11) is 0. The van der Waals surface area contributed by atoms with Crippen LogP contribution in [0.3, 0.4) is 0 Å². The first-order valence-corrected chi connectivity index (χ1v) is 4.30. The summed E-state index contributed by atoms with van der Waals surface area (Å²) in [5.41, 5.74) is 5.05. The SMILES string of the molecule is [Br-].[NH3+]Cc1ccc2cc(O)ccc2c1. The van der Waals surface area contributed by atoms with Crippen molar-refractivity contribution in [3.63, 3.8) is 0 Å². The second-order valence-corrected chi connectivity index (χ2v) is 3.12. The van der Waals surface area contributed by atoms with Gasteiger partial charge in [-0.05, 0) is 29.0 Å². The van der Waals surface area contributed by atoms with Gasteiger partial charge in [0.2, 0.25) is 0 Å². The highest BCUT2D eigenvalue weighted by Gasteiger charge is 1.96. The molecule has 0 fully saturated rings. The normalized spacial score (nSPS) is 9.79. The summed E-state index contributed by atoms with van der Waals surface area (Å²) in [5.74, 6) is 0.315. The Kier molecular flexibility index (Phi) is 3.49. The molecule has 0 heterocycles. The monoisotopic (exact) mass is 253 g/mol. The molecule has 2 rings (SSSR count). The molecule has 0 saturated carbocycles. The van der Waals surface area contributed by atoms with Crippen LogP contribution in [0.2, 0.25) is 0 Å². The maximum absolute atomic E-state index is 9.24. The number of halogens is 1. The van der Waals surface area contributed by atoms with E-state index in [4.69, 9.17) is 0 Å². The van der Waals surface area contributed by atoms with Gasteiger partial charge in [0, 0.05) is 5.56 Å². The maximum Gasteiger partial charge on any atom is 0.116 e. The predicted octanol–water partition coefficient (Wildman–Crippen LogP) is -1.71. The fourth-order valence-electron chi connectivity index (χ4n) is 1.44. The van der Waals surface area contributed by atoms with Crippen molar-refractivity contribution in [1.29, 1.82) is 0 Å². The zero-order valence-electron chi connectivity index (χ0n) is 7.70. The molecule has 14 heavy (non-hydrogen) atoms. The number of phenolic OH excluding ortho intramolecular Hbond substituents is 1. The van der Waals surface area contributed by atoms with Crippen molar-refractivity contribution in [2.45, 2.75) is 6.54 Å². The molecule has 2 aromatic carbocycles. The molecule has 2 aromatic rings. The highest BCUT2D eigenvalue weighted by Crippen LogP contribution is 2.20. The van der Waals surface area contributed by atoms with Crippen molar-refractivity contribution in [1.82, 2.24) is 0 Å². The summed E-state index contributed by atoms with van der Waals surface area (Å²) in [4.78, 5) is 0. The van der Waals surface area contributed by atoms with Gasteiger partial charge in [-0.2, -0.15) is 0 Å². The second kappa shape index (κ2) is 4.44. The Balaban J connectivity index is 0.000000980. The van der Waals surface area contributed by atoms with E-state index in [2.05, 4.69) is 11.8 Å². The van der Waals surface area contributed by atoms with Crippen LogP contribution in [0.1, 0.15) is 5.56 Å². The largest absolute Gasteiger partial charge is 1.00 e. The highest BCUT2D eigenvalue weighted by atomic mass is 79.9. The van der Waals surface area contributed by atoms with Gasteiger partial charge in [-0.1, -0.05) is 18.2 Å². The van der Waals surface area contributed by atoms with Gasteiger partial charge in [-0.3, -0.25) is 0 Å². The first-order valence-electron chi connectivity index (χ1n) is 4.30. The van der Waals surface area contributed by atoms with Crippen LogP contribution in [0, 0.1) is 0 Å². The van der Waals surface area contributed by atoms with Gasteiger partial charge in [0.15, 0.2) is 0 Å². The summed E-state index contributed by atoms with van der Waals surface area (Å²) < 4.78 is 0. The third kappa shape index (κ3) is 2.05. The van der Waals surface area contributed by atoms with Crippen molar-refractivity contribution < 1.29 is 27.8 Å². The van der Waals surface area contributed by atoms with Gasteiger partial charge in [-0.25, -0.2) is 0 Å². The van der Waals surface area contributed by atoms with Gasteiger partial charge in [0.05, 0.1) is 6.54 Å². The minimum absolute atomic E-state index is 0. The van der Waals surface area contributed by atoms with Gasteiger partial charge in [-0.15, -0.1) is 0 Å². The average Bonchev–Trinajstić information content (AvgIpc) is 2.17. The first kappa shape index (κ1) is 11.0. The van der Waals surface area contributed by atoms with E-state index in [0.717, 1.165) is 17.3 Å². The molecule has 0 spiro atoms. The molecule has 0 bridgehead atoms. The molecular weight excluding hydrogens is 242 g/mol. The van der Waals surface area contributed by atoms with E-state index >= 15 is 0 Å². The number of aromatic hydroxyl groups is 1. The highest BCUT2D eigenvalue weighted by molar-refractivity contribution is 5.84. The van der Waals surface area contributed by atoms with E-state index in [1.54, 1.807) is 12.1 Å². The molecule has 0 aliphatic heterocycles. The molecule has 74 valence electrons. The van der Waals surface area contributed by atoms with Crippen LogP contribution in [-0.4, -0.2) is 5.11 Å². The molecule has 0 saturated heterocycles. The number of phenols is 1. The van der Waals surface area contributed by atoms with Crippen molar-refractivity contribution in [3.8, 4) is 5.75 Å². The third-order valence-electron chi connectivity index (χ3n) is 2.18. The predicted molar refractivity (Wildman–Crippen MR) is 52.2 cm³/mol. The zero-order valence-corrected chi connectivity index (χ0v) is 9.29. The van der Waals surface area contributed by atoms with E-state index in [9.17, 15) is 5.11 Å². The molecular formula is C11H12BrNO. The number of fused-ring (bicyclic) bond motifs is 1. The quantitative estimate of drug-likeness (QED) is 0.625. The molecule has 0 aromatic heterocycles. The maximum atomic E-state index is 9.24. The smallest absolute Gasteiger partial charge is 0.116 e. The van der Waals surface area contributed by atoms with E-state index in [0.29, 0.717) is 5.75 Å². The number of rotatable bonds is 1. The standard InChI is InChI=1S/C11H11NO.BrH/c12-7-8-1-2-10-6-11(13)4-3-9(10)5-8;/h1-6,13H,7,12H2;1H. The Morgan fingerprint density at radius 3 is 2.36 bits per heavy atom. The van der Waals surface area contributed by atoms with E-state index < -0.39 is 0 Å².